The first-order valence-electron chi connectivity index (χ1n) is 3.53. The summed E-state index contributed by atoms with van der Waals surface area (Å²) in [5.41, 5.74) is 0. The van der Waals surface area contributed by atoms with E-state index in [4.69, 9.17) is 5.11 Å². The summed E-state index contributed by atoms with van der Waals surface area (Å²) in [5.74, 6) is 0. The molecule has 1 unspecified atom stereocenters. The molecule has 11 heavy (non-hydrogen) atoms. The van der Waals surface area contributed by atoms with Gasteiger partial charge in [-0.25, -0.2) is 4.98 Å². The second-order valence-electron chi connectivity index (χ2n) is 2.30. The van der Waals surface area contributed by atoms with E-state index >= 15 is 0 Å². The average molecular weight is 172 g/mol. The van der Waals surface area contributed by atoms with Crippen molar-refractivity contribution in [2.75, 3.05) is 13.7 Å². The molecule has 0 bridgehead atoms. The largest absolute Gasteiger partial charge is 0.395 e. The maximum atomic E-state index is 8.84. The summed E-state index contributed by atoms with van der Waals surface area (Å²) >= 11 is 1.62. The van der Waals surface area contributed by atoms with Crippen molar-refractivity contribution in [3.8, 4) is 0 Å². The Bertz CT molecular complexity index is 184. The Labute approximate surface area is 70.1 Å². The molecule has 1 atom stereocenters. The van der Waals surface area contributed by atoms with E-state index < -0.39 is 0 Å². The summed E-state index contributed by atoms with van der Waals surface area (Å²) in [7, 11) is 1.84. The Morgan fingerprint density at radius 3 is 3.09 bits per heavy atom. The normalized spacial score (nSPS) is 13.3. The minimum Gasteiger partial charge on any atom is -0.395 e. The molecule has 1 aromatic heterocycles. The molecule has 1 aromatic rings. The van der Waals surface area contributed by atoms with Crippen molar-refractivity contribution >= 4 is 11.3 Å². The van der Waals surface area contributed by atoms with Gasteiger partial charge in [0.05, 0.1) is 11.6 Å². The molecule has 0 amide bonds. The van der Waals surface area contributed by atoms with Gasteiger partial charge in [-0.15, -0.1) is 11.3 Å². The molecule has 2 N–H and O–H groups in total. The Hall–Kier alpha value is -0.450. The van der Waals surface area contributed by atoms with Gasteiger partial charge >= 0.3 is 0 Å². The zero-order valence-electron chi connectivity index (χ0n) is 6.45. The van der Waals surface area contributed by atoms with Crippen LogP contribution in [0.2, 0.25) is 0 Å². The molecule has 0 fully saturated rings. The molecule has 0 radical (unpaired) electrons. The van der Waals surface area contributed by atoms with E-state index in [9.17, 15) is 0 Å². The number of aromatic nitrogens is 1. The van der Waals surface area contributed by atoms with E-state index in [0.29, 0.717) is 0 Å². The van der Waals surface area contributed by atoms with Gasteiger partial charge in [-0.05, 0) is 7.05 Å². The van der Waals surface area contributed by atoms with Crippen LogP contribution in [0.15, 0.2) is 11.6 Å². The van der Waals surface area contributed by atoms with Crippen LogP contribution in [0.1, 0.15) is 5.01 Å². The van der Waals surface area contributed by atoms with Crippen LogP contribution in [-0.4, -0.2) is 29.8 Å². The highest BCUT2D eigenvalue weighted by Gasteiger charge is 2.06. The molecule has 62 valence electrons. The van der Waals surface area contributed by atoms with Crippen LogP contribution in [0.25, 0.3) is 0 Å². The molecule has 0 aromatic carbocycles. The average Bonchev–Trinajstić information content (AvgIpc) is 2.52. The minimum atomic E-state index is 0.140. The quantitative estimate of drug-likeness (QED) is 0.685. The van der Waals surface area contributed by atoms with E-state index in [1.54, 1.807) is 17.5 Å². The Morgan fingerprint density at radius 1 is 1.82 bits per heavy atom. The SMILES string of the molecule is CNC(CO)Cc1nccs1. The first kappa shape index (κ1) is 8.64. The third-order valence-corrected chi connectivity index (χ3v) is 2.34. The molecule has 0 spiro atoms. The molecule has 1 rings (SSSR count). The second kappa shape index (κ2) is 4.43. The van der Waals surface area contributed by atoms with Gasteiger partial charge in [-0.2, -0.15) is 0 Å². The van der Waals surface area contributed by atoms with Gasteiger partial charge in [0.15, 0.2) is 0 Å². The van der Waals surface area contributed by atoms with Crippen LogP contribution < -0.4 is 5.32 Å². The van der Waals surface area contributed by atoms with Crippen LogP contribution in [0, 0.1) is 0 Å². The number of aliphatic hydroxyl groups excluding tert-OH is 1. The first-order chi connectivity index (χ1) is 5.36. The van der Waals surface area contributed by atoms with Crippen molar-refractivity contribution in [1.29, 1.82) is 0 Å². The number of rotatable bonds is 4. The second-order valence-corrected chi connectivity index (χ2v) is 3.28. The van der Waals surface area contributed by atoms with Crippen molar-refractivity contribution in [3.63, 3.8) is 0 Å². The monoisotopic (exact) mass is 172 g/mol. The molecule has 0 saturated carbocycles. The molecule has 3 nitrogen and oxygen atoms in total. The summed E-state index contributed by atoms with van der Waals surface area (Å²) in [6.07, 6.45) is 2.59. The smallest absolute Gasteiger partial charge is 0.0941 e. The van der Waals surface area contributed by atoms with Crippen molar-refractivity contribution in [3.05, 3.63) is 16.6 Å². The zero-order chi connectivity index (χ0) is 8.10. The Kier molecular flexibility index (Phi) is 3.48. The summed E-state index contributed by atoms with van der Waals surface area (Å²) in [4.78, 5) is 4.12. The number of likely N-dealkylation sites (N-methyl/N-ethyl adjacent to an activating group) is 1. The minimum absolute atomic E-state index is 0.140. The fourth-order valence-electron chi connectivity index (χ4n) is 0.822. The summed E-state index contributed by atoms with van der Waals surface area (Å²) in [6, 6.07) is 0.140. The van der Waals surface area contributed by atoms with Crippen molar-refractivity contribution < 1.29 is 5.11 Å². The van der Waals surface area contributed by atoms with Gasteiger partial charge < -0.3 is 10.4 Å². The van der Waals surface area contributed by atoms with E-state index in [-0.39, 0.29) is 12.6 Å². The van der Waals surface area contributed by atoms with Crippen LogP contribution in [0.4, 0.5) is 0 Å². The van der Waals surface area contributed by atoms with Crippen molar-refractivity contribution in [2.45, 2.75) is 12.5 Å². The van der Waals surface area contributed by atoms with Crippen LogP contribution in [0.3, 0.4) is 0 Å². The number of thiazole rings is 1. The molecule has 4 heteroatoms. The van der Waals surface area contributed by atoms with Gasteiger partial charge in [0.1, 0.15) is 0 Å². The van der Waals surface area contributed by atoms with Gasteiger partial charge in [-0.3, -0.25) is 0 Å². The third-order valence-electron chi connectivity index (χ3n) is 1.53. The Morgan fingerprint density at radius 2 is 2.64 bits per heavy atom. The van der Waals surface area contributed by atoms with E-state index in [2.05, 4.69) is 10.3 Å². The van der Waals surface area contributed by atoms with Crippen LogP contribution in [0.5, 0.6) is 0 Å². The van der Waals surface area contributed by atoms with Gasteiger partial charge in [-0.1, -0.05) is 0 Å². The molecule has 0 saturated heterocycles. The topological polar surface area (TPSA) is 45.1 Å². The summed E-state index contributed by atoms with van der Waals surface area (Å²) in [5, 5.41) is 14.9. The predicted octanol–water partition coefficient (Wildman–Crippen LogP) is 0.266. The zero-order valence-corrected chi connectivity index (χ0v) is 7.27. The summed E-state index contributed by atoms with van der Waals surface area (Å²) in [6.45, 7) is 0.163. The van der Waals surface area contributed by atoms with E-state index in [0.717, 1.165) is 11.4 Å². The number of aliphatic hydroxyl groups is 1. The molecule has 0 aliphatic rings. The van der Waals surface area contributed by atoms with Crippen LogP contribution >= 0.6 is 11.3 Å². The molecule has 0 aliphatic carbocycles. The first-order valence-corrected chi connectivity index (χ1v) is 4.41. The maximum absolute atomic E-state index is 8.84. The predicted molar refractivity (Wildman–Crippen MR) is 45.8 cm³/mol. The molecule has 1 heterocycles. The third kappa shape index (κ3) is 2.57. The van der Waals surface area contributed by atoms with Gasteiger partial charge in [0.2, 0.25) is 0 Å². The fraction of sp³-hybridized carbons (Fsp3) is 0.571. The lowest BCUT2D eigenvalue weighted by molar-refractivity contribution is 0.248. The number of hydrogen-bond acceptors (Lipinski definition) is 4. The van der Waals surface area contributed by atoms with E-state index in [1.807, 2.05) is 12.4 Å². The highest BCUT2D eigenvalue weighted by Crippen LogP contribution is 2.06. The lowest BCUT2D eigenvalue weighted by Gasteiger charge is -2.09. The highest BCUT2D eigenvalue weighted by atomic mass is 32.1. The Balaban J connectivity index is 2.41. The standard InChI is InChI=1S/C7H12N2OS/c1-8-6(5-10)4-7-9-2-3-11-7/h2-3,6,8,10H,4-5H2,1H3. The van der Waals surface area contributed by atoms with Gasteiger partial charge in [0, 0.05) is 24.0 Å². The summed E-state index contributed by atoms with van der Waals surface area (Å²) < 4.78 is 0. The molecule has 0 aliphatic heterocycles. The maximum Gasteiger partial charge on any atom is 0.0941 e. The van der Waals surface area contributed by atoms with Gasteiger partial charge in [0.25, 0.3) is 0 Å². The number of hydrogen-bond donors (Lipinski definition) is 2. The lowest BCUT2D eigenvalue weighted by Crippen LogP contribution is -2.31. The molecular formula is C7H12N2OS. The number of nitrogens with one attached hydrogen (secondary N) is 1. The fourth-order valence-corrected chi connectivity index (χ4v) is 1.52. The highest BCUT2D eigenvalue weighted by molar-refractivity contribution is 7.09. The number of nitrogens with zero attached hydrogens (tertiary/aromatic N) is 1. The van der Waals surface area contributed by atoms with Crippen molar-refractivity contribution in [1.82, 2.24) is 10.3 Å². The lowest BCUT2D eigenvalue weighted by atomic mass is 10.2. The van der Waals surface area contributed by atoms with Crippen LogP contribution in [-0.2, 0) is 6.42 Å². The molecular weight excluding hydrogens is 160 g/mol. The van der Waals surface area contributed by atoms with Crippen molar-refractivity contribution in [2.24, 2.45) is 0 Å². The van der Waals surface area contributed by atoms with E-state index in [1.165, 1.54) is 0 Å².